The van der Waals surface area contributed by atoms with Crippen LogP contribution in [0.1, 0.15) is 27.0 Å². The molecule has 7 nitrogen and oxygen atoms in total. The van der Waals surface area contributed by atoms with Crippen LogP contribution in [0.4, 0.5) is 5.69 Å². The van der Waals surface area contributed by atoms with Crippen molar-refractivity contribution in [3.05, 3.63) is 111 Å². The Morgan fingerprint density at radius 3 is 2.61 bits per heavy atom. The molecule has 1 heterocycles. The Morgan fingerprint density at radius 1 is 1.10 bits per heavy atom. The van der Waals surface area contributed by atoms with Crippen molar-refractivity contribution < 1.29 is 9.72 Å². The minimum atomic E-state index is -0.507. The van der Waals surface area contributed by atoms with Gasteiger partial charge in [-0.2, -0.15) is 5.10 Å². The molecule has 1 aromatic heterocycles. The number of hydrazone groups is 1. The molecule has 154 valence electrons. The summed E-state index contributed by atoms with van der Waals surface area (Å²) in [5.41, 5.74) is 6.14. The first-order valence-electron chi connectivity index (χ1n) is 9.73. The summed E-state index contributed by atoms with van der Waals surface area (Å²) in [4.78, 5) is 23.0. The molecule has 0 aliphatic carbocycles. The molecule has 31 heavy (non-hydrogen) atoms. The van der Waals surface area contributed by atoms with E-state index in [-0.39, 0.29) is 11.3 Å². The highest BCUT2D eigenvalue weighted by Crippen LogP contribution is 2.22. The number of carbonyl (C=O) groups excluding carboxylic acids is 1. The van der Waals surface area contributed by atoms with Crippen molar-refractivity contribution in [3.63, 3.8) is 0 Å². The van der Waals surface area contributed by atoms with Gasteiger partial charge in [0.05, 0.1) is 11.1 Å². The number of nitro groups is 1. The van der Waals surface area contributed by atoms with Crippen molar-refractivity contribution in [1.82, 2.24) is 9.99 Å². The van der Waals surface area contributed by atoms with E-state index in [1.54, 1.807) is 25.3 Å². The summed E-state index contributed by atoms with van der Waals surface area (Å²) in [5.74, 6) is -0.507. The minimum Gasteiger partial charge on any atom is -0.342 e. The van der Waals surface area contributed by atoms with E-state index in [2.05, 4.69) is 27.2 Å². The highest BCUT2D eigenvalue weighted by atomic mass is 16.6. The number of nitrogens with zero attached hydrogens (tertiary/aromatic N) is 3. The Hall–Kier alpha value is -4.26. The van der Waals surface area contributed by atoms with E-state index in [1.165, 1.54) is 11.6 Å². The normalized spacial score (nSPS) is 11.1. The topological polar surface area (TPSA) is 89.5 Å². The van der Waals surface area contributed by atoms with Crippen molar-refractivity contribution in [2.45, 2.75) is 13.5 Å². The fourth-order valence-electron chi connectivity index (χ4n) is 3.46. The van der Waals surface area contributed by atoms with E-state index in [1.807, 2.05) is 48.7 Å². The maximum Gasteiger partial charge on any atom is 0.273 e. The van der Waals surface area contributed by atoms with E-state index < -0.39 is 10.8 Å². The lowest BCUT2D eigenvalue weighted by molar-refractivity contribution is -0.385. The Labute approximate surface area is 178 Å². The van der Waals surface area contributed by atoms with Gasteiger partial charge in [0, 0.05) is 46.4 Å². The third kappa shape index (κ3) is 4.35. The first-order valence-corrected chi connectivity index (χ1v) is 9.73. The molecule has 0 bridgehead atoms. The largest absolute Gasteiger partial charge is 0.342 e. The zero-order valence-corrected chi connectivity index (χ0v) is 16.9. The van der Waals surface area contributed by atoms with Gasteiger partial charge in [-0.3, -0.25) is 14.9 Å². The zero-order chi connectivity index (χ0) is 21.8. The molecule has 0 saturated heterocycles. The van der Waals surface area contributed by atoms with Crippen LogP contribution in [0.25, 0.3) is 10.9 Å². The fourth-order valence-corrected chi connectivity index (χ4v) is 3.46. The van der Waals surface area contributed by atoms with E-state index >= 15 is 0 Å². The summed E-state index contributed by atoms with van der Waals surface area (Å²) in [6.07, 6.45) is 3.58. The summed E-state index contributed by atoms with van der Waals surface area (Å²) in [6.45, 7) is 2.35. The zero-order valence-electron chi connectivity index (χ0n) is 16.9. The van der Waals surface area contributed by atoms with Crippen molar-refractivity contribution in [2.24, 2.45) is 5.10 Å². The van der Waals surface area contributed by atoms with E-state index in [4.69, 9.17) is 0 Å². The molecule has 0 saturated carbocycles. The molecule has 4 rings (SSSR count). The Morgan fingerprint density at radius 2 is 1.84 bits per heavy atom. The van der Waals surface area contributed by atoms with Gasteiger partial charge in [-0.15, -0.1) is 0 Å². The number of aryl methyl sites for hydroxylation is 1. The molecule has 0 aliphatic rings. The lowest BCUT2D eigenvalue weighted by atomic mass is 10.1. The van der Waals surface area contributed by atoms with Crippen molar-refractivity contribution >= 4 is 28.7 Å². The lowest BCUT2D eigenvalue weighted by Crippen LogP contribution is -2.17. The average Bonchev–Trinajstić information content (AvgIpc) is 3.12. The molecule has 4 aromatic rings. The number of amides is 1. The number of para-hydroxylation sites is 1. The molecule has 0 unspecified atom stereocenters. The van der Waals surface area contributed by atoms with Gasteiger partial charge in [0.1, 0.15) is 0 Å². The third-order valence-corrected chi connectivity index (χ3v) is 5.05. The quantitative estimate of drug-likeness (QED) is 0.283. The van der Waals surface area contributed by atoms with E-state index in [9.17, 15) is 14.9 Å². The number of benzene rings is 3. The van der Waals surface area contributed by atoms with Crippen LogP contribution in [0, 0.1) is 17.0 Å². The van der Waals surface area contributed by atoms with Crippen LogP contribution in [0.3, 0.4) is 0 Å². The summed E-state index contributed by atoms with van der Waals surface area (Å²) in [7, 11) is 0. The maximum atomic E-state index is 12.4. The second-order valence-corrected chi connectivity index (χ2v) is 7.17. The number of aromatic nitrogens is 1. The summed E-state index contributed by atoms with van der Waals surface area (Å²) < 4.78 is 2.14. The summed E-state index contributed by atoms with van der Waals surface area (Å²) >= 11 is 0. The van der Waals surface area contributed by atoms with Gasteiger partial charge in [0.25, 0.3) is 11.6 Å². The lowest BCUT2D eigenvalue weighted by Gasteiger charge is -2.05. The molecule has 3 aromatic carbocycles. The molecule has 1 N–H and O–H groups in total. The van der Waals surface area contributed by atoms with Gasteiger partial charge in [0.15, 0.2) is 0 Å². The van der Waals surface area contributed by atoms with Crippen molar-refractivity contribution in [3.8, 4) is 0 Å². The second-order valence-electron chi connectivity index (χ2n) is 7.17. The molecule has 7 heteroatoms. The third-order valence-electron chi connectivity index (χ3n) is 5.05. The molecule has 1 amide bonds. The van der Waals surface area contributed by atoms with Crippen molar-refractivity contribution in [1.29, 1.82) is 0 Å². The smallest absolute Gasteiger partial charge is 0.273 e. The van der Waals surface area contributed by atoms with E-state index in [0.717, 1.165) is 16.5 Å². The molecular formula is C24H20N4O3. The SMILES string of the molecule is Cc1ccc(C(=O)N/N=C\c2cn(Cc3ccccc3)c3ccccc23)cc1[N+](=O)[O-]. The van der Waals surface area contributed by atoms with Gasteiger partial charge in [-0.1, -0.05) is 54.6 Å². The standard InChI is InChI=1S/C24H20N4O3/c1-17-11-12-19(13-23(17)28(30)31)24(29)26-25-14-20-16-27(15-18-7-3-2-4-8-18)22-10-6-5-9-21(20)22/h2-14,16H,15H2,1H3,(H,26,29)/b25-14-. The van der Waals surface area contributed by atoms with Crippen molar-refractivity contribution in [2.75, 3.05) is 0 Å². The number of hydrogen-bond acceptors (Lipinski definition) is 4. The highest BCUT2D eigenvalue weighted by Gasteiger charge is 2.14. The minimum absolute atomic E-state index is 0.0967. The van der Waals surface area contributed by atoms with Crippen LogP contribution in [0.15, 0.2) is 84.1 Å². The predicted octanol–water partition coefficient (Wildman–Crippen LogP) is 4.67. The summed E-state index contributed by atoms with van der Waals surface area (Å²) in [5, 5.41) is 16.2. The number of rotatable bonds is 6. The molecule has 0 fully saturated rings. The Balaban J connectivity index is 1.55. The van der Waals surface area contributed by atoms with Gasteiger partial charge in [-0.05, 0) is 24.6 Å². The van der Waals surface area contributed by atoms with Crippen LogP contribution in [-0.4, -0.2) is 21.6 Å². The molecule has 0 aliphatic heterocycles. The Kier molecular flexibility index (Phi) is 5.57. The highest BCUT2D eigenvalue weighted by molar-refractivity contribution is 6.00. The Bertz CT molecular complexity index is 1290. The van der Waals surface area contributed by atoms with Crippen LogP contribution in [0.5, 0.6) is 0 Å². The molecule has 0 radical (unpaired) electrons. The molecule has 0 spiro atoms. The fraction of sp³-hybridized carbons (Fsp3) is 0.0833. The first kappa shape index (κ1) is 20.0. The number of nitro benzene ring substituents is 1. The van der Waals surface area contributed by atoms with Gasteiger partial charge >= 0.3 is 0 Å². The number of carbonyl (C=O) groups is 1. The van der Waals surface area contributed by atoms with Crippen LogP contribution in [-0.2, 0) is 6.54 Å². The van der Waals surface area contributed by atoms with Crippen LogP contribution in [0.2, 0.25) is 0 Å². The molecular weight excluding hydrogens is 392 g/mol. The van der Waals surface area contributed by atoms with Gasteiger partial charge in [0.2, 0.25) is 0 Å². The van der Waals surface area contributed by atoms with E-state index in [0.29, 0.717) is 12.1 Å². The van der Waals surface area contributed by atoms with Gasteiger partial charge < -0.3 is 4.57 Å². The first-order chi connectivity index (χ1) is 15.0. The predicted molar refractivity (Wildman–Crippen MR) is 120 cm³/mol. The van der Waals surface area contributed by atoms with Crippen LogP contribution < -0.4 is 5.43 Å². The second kappa shape index (κ2) is 8.62. The average molecular weight is 412 g/mol. The summed E-state index contributed by atoms with van der Waals surface area (Å²) in [6, 6.07) is 22.5. The maximum absolute atomic E-state index is 12.4. The number of hydrogen-bond donors (Lipinski definition) is 1. The number of nitrogens with one attached hydrogen (secondary N) is 1. The molecule has 0 atom stereocenters. The monoisotopic (exact) mass is 412 g/mol. The number of fused-ring (bicyclic) bond motifs is 1. The van der Waals surface area contributed by atoms with Gasteiger partial charge in [-0.25, -0.2) is 5.43 Å². The van der Waals surface area contributed by atoms with Crippen LogP contribution >= 0.6 is 0 Å².